The minimum absolute atomic E-state index is 0.561. The lowest BCUT2D eigenvalue weighted by atomic mass is 10.3. The summed E-state index contributed by atoms with van der Waals surface area (Å²) in [4.78, 5) is 4.00. The summed E-state index contributed by atoms with van der Waals surface area (Å²) >= 11 is 0. The van der Waals surface area contributed by atoms with Gasteiger partial charge >= 0.3 is 0 Å². The van der Waals surface area contributed by atoms with Crippen molar-refractivity contribution >= 4 is 0 Å². The quantitative estimate of drug-likeness (QED) is 0.670. The van der Waals surface area contributed by atoms with Gasteiger partial charge < -0.3 is 4.74 Å². The van der Waals surface area contributed by atoms with Crippen molar-refractivity contribution in [2.75, 3.05) is 6.61 Å². The Bertz CT molecular complexity index is 300. The Kier molecular flexibility index (Phi) is 4.49. The Morgan fingerprint density at radius 1 is 1.43 bits per heavy atom. The zero-order valence-electron chi connectivity index (χ0n) is 8.36. The van der Waals surface area contributed by atoms with E-state index in [1.807, 2.05) is 6.07 Å². The van der Waals surface area contributed by atoms with Crippen LogP contribution in [0.25, 0.3) is 0 Å². The Hall–Kier alpha value is -1.56. The fourth-order valence-corrected chi connectivity index (χ4v) is 1.06. The van der Waals surface area contributed by atoms with Crippen LogP contribution in [-0.4, -0.2) is 11.6 Å². The number of rotatable bonds is 5. The molecular formula is C11H14N2O. The zero-order chi connectivity index (χ0) is 10.2. The average Bonchev–Trinajstić information content (AvgIpc) is 2.25. The molecule has 0 N–H and O–H groups in total. The second kappa shape index (κ2) is 5.98. The Balaban J connectivity index is 2.33. The molecule has 1 rings (SSSR count). The van der Waals surface area contributed by atoms with Crippen molar-refractivity contribution in [3.8, 4) is 11.9 Å². The summed E-state index contributed by atoms with van der Waals surface area (Å²) in [6, 6.07) is 5.45. The number of nitrogens with zero attached hydrogens (tertiary/aromatic N) is 2. The molecule has 0 aliphatic rings. The lowest BCUT2D eigenvalue weighted by Gasteiger charge is -2.03. The molecule has 0 bridgehead atoms. The van der Waals surface area contributed by atoms with Crippen molar-refractivity contribution in [2.24, 2.45) is 0 Å². The van der Waals surface area contributed by atoms with Gasteiger partial charge in [-0.15, -0.1) is 0 Å². The first-order chi connectivity index (χ1) is 6.86. The molecule has 3 heteroatoms. The van der Waals surface area contributed by atoms with Crippen LogP contribution in [0.2, 0.25) is 0 Å². The van der Waals surface area contributed by atoms with E-state index in [1.165, 1.54) is 19.0 Å². The summed E-state index contributed by atoms with van der Waals surface area (Å²) in [5.41, 5.74) is 0.561. The fraction of sp³-hybridized carbons (Fsp3) is 0.455. The van der Waals surface area contributed by atoms with Crippen molar-refractivity contribution in [3.05, 3.63) is 23.9 Å². The van der Waals surface area contributed by atoms with Gasteiger partial charge in [0.15, 0.2) is 0 Å². The second-order valence-corrected chi connectivity index (χ2v) is 3.05. The molecule has 0 saturated carbocycles. The van der Waals surface area contributed by atoms with Gasteiger partial charge in [-0.25, -0.2) is 4.98 Å². The van der Waals surface area contributed by atoms with Gasteiger partial charge in [-0.2, -0.15) is 5.26 Å². The van der Waals surface area contributed by atoms with Crippen LogP contribution in [0.4, 0.5) is 0 Å². The summed E-state index contributed by atoms with van der Waals surface area (Å²) in [6.45, 7) is 2.85. The zero-order valence-corrected chi connectivity index (χ0v) is 8.36. The molecule has 74 valence electrons. The fourth-order valence-electron chi connectivity index (χ4n) is 1.06. The van der Waals surface area contributed by atoms with Crippen molar-refractivity contribution in [2.45, 2.75) is 26.2 Å². The third kappa shape index (κ3) is 3.44. The van der Waals surface area contributed by atoms with Crippen molar-refractivity contribution in [1.29, 1.82) is 5.26 Å². The highest BCUT2D eigenvalue weighted by atomic mass is 16.5. The highest BCUT2D eigenvalue weighted by Crippen LogP contribution is 2.07. The van der Waals surface area contributed by atoms with E-state index in [0.29, 0.717) is 18.1 Å². The van der Waals surface area contributed by atoms with E-state index in [9.17, 15) is 0 Å². The number of pyridine rings is 1. The van der Waals surface area contributed by atoms with E-state index in [-0.39, 0.29) is 0 Å². The molecule has 1 heterocycles. The van der Waals surface area contributed by atoms with Crippen LogP contribution < -0.4 is 4.74 Å². The van der Waals surface area contributed by atoms with Crippen molar-refractivity contribution in [1.82, 2.24) is 4.98 Å². The van der Waals surface area contributed by atoms with Gasteiger partial charge in [0.1, 0.15) is 6.07 Å². The van der Waals surface area contributed by atoms with Gasteiger partial charge in [0.2, 0.25) is 5.88 Å². The second-order valence-electron chi connectivity index (χ2n) is 3.05. The highest BCUT2D eigenvalue weighted by molar-refractivity contribution is 5.28. The molecule has 0 aliphatic heterocycles. The summed E-state index contributed by atoms with van der Waals surface area (Å²) < 4.78 is 5.39. The van der Waals surface area contributed by atoms with Crippen LogP contribution >= 0.6 is 0 Å². The van der Waals surface area contributed by atoms with Gasteiger partial charge in [-0.1, -0.05) is 19.8 Å². The lowest BCUT2D eigenvalue weighted by Crippen LogP contribution is -1.98. The van der Waals surface area contributed by atoms with Crippen LogP contribution in [0.3, 0.4) is 0 Å². The van der Waals surface area contributed by atoms with E-state index in [0.717, 1.165) is 6.42 Å². The third-order valence-corrected chi connectivity index (χ3v) is 1.86. The van der Waals surface area contributed by atoms with E-state index in [4.69, 9.17) is 10.00 Å². The number of nitriles is 1. The molecular weight excluding hydrogens is 176 g/mol. The van der Waals surface area contributed by atoms with Crippen molar-refractivity contribution < 1.29 is 4.74 Å². The van der Waals surface area contributed by atoms with Gasteiger partial charge in [0.05, 0.1) is 12.2 Å². The molecule has 0 aromatic carbocycles. The van der Waals surface area contributed by atoms with Gasteiger partial charge in [-0.05, 0) is 12.5 Å². The third-order valence-electron chi connectivity index (χ3n) is 1.86. The van der Waals surface area contributed by atoms with Crippen LogP contribution in [0.5, 0.6) is 5.88 Å². The van der Waals surface area contributed by atoms with Crippen LogP contribution in [0.15, 0.2) is 18.3 Å². The maximum atomic E-state index is 8.54. The van der Waals surface area contributed by atoms with Crippen LogP contribution in [0, 0.1) is 11.3 Å². The first-order valence-corrected chi connectivity index (χ1v) is 4.85. The predicted octanol–water partition coefficient (Wildman–Crippen LogP) is 2.52. The molecule has 0 saturated heterocycles. The molecule has 1 aromatic rings. The number of aromatic nitrogens is 1. The Morgan fingerprint density at radius 2 is 2.29 bits per heavy atom. The molecule has 0 fully saturated rings. The molecule has 0 radical (unpaired) electrons. The van der Waals surface area contributed by atoms with Crippen LogP contribution in [0.1, 0.15) is 31.7 Å². The number of hydrogen-bond donors (Lipinski definition) is 0. The predicted molar refractivity (Wildman–Crippen MR) is 54.0 cm³/mol. The van der Waals surface area contributed by atoms with E-state index in [2.05, 4.69) is 11.9 Å². The summed E-state index contributed by atoms with van der Waals surface area (Å²) in [7, 11) is 0. The molecule has 0 atom stereocenters. The maximum absolute atomic E-state index is 8.54. The molecule has 1 aromatic heterocycles. The molecule has 3 nitrogen and oxygen atoms in total. The molecule has 0 unspecified atom stereocenters. The minimum Gasteiger partial charge on any atom is -0.478 e. The largest absolute Gasteiger partial charge is 0.478 e. The first-order valence-electron chi connectivity index (χ1n) is 4.85. The van der Waals surface area contributed by atoms with E-state index >= 15 is 0 Å². The minimum atomic E-state index is 0.561. The summed E-state index contributed by atoms with van der Waals surface area (Å²) in [5.74, 6) is 0.597. The van der Waals surface area contributed by atoms with Gasteiger partial charge in [0, 0.05) is 12.3 Å². The van der Waals surface area contributed by atoms with Crippen molar-refractivity contribution in [3.63, 3.8) is 0 Å². The number of hydrogen-bond acceptors (Lipinski definition) is 3. The summed E-state index contributed by atoms with van der Waals surface area (Å²) in [5, 5.41) is 8.54. The smallest absolute Gasteiger partial charge is 0.213 e. The topological polar surface area (TPSA) is 45.9 Å². The molecule has 0 aliphatic carbocycles. The maximum Gasteiger partial charge on any atom is 0.213 e. The first kappa shape index (κ1) is 10.5. The normalized spacial score (nSPS) is 9.43. The molecule has 0 amide bonds. The number of unbranched alkanes of at least 4 members (excludes halogenated alkanes) is 2. The molecule has 0 spiro atoms. The standard InChI is InChI=1S/C11H14N2O/c1-2-3-4-7-14-11-6-5-10(8-12)9-13-11/h5-6,9H,2-4,7H2,1H3. The van der Waals surface area contributed by atoms with Gasteiger partial charge in [-0.3, -0.25) is 0 Å². The SMILES string of the molecule is CCCCCOc1ccc(C#N)cn1. The Labute approximate surface area is 84.3 Å². The average molecular weight is 190 g/mol. The Morgan fingerprint density at radius 3 is 2.86 bits per heavy atom. The van der Waals surface area contributed by atoms with E-state index in [1.54, 1.807) is 12.1 Å². The van der Waals surface area contributed by atoms with Gasteiger partial charge in [0.25, 0.3) is 0 Å². The monoisotopic (exact) mass is 190 g/mol. The lowest BCUT2D eigenvalue weighted by molar-refractivity contribution is 0.295. The van der Waals surface area contributed by atoms with E-state index < -0.39 is 0 Å². The number of ether oxygens (including phenoxy) is 1. The molecule has 14 heavy (non-hydrogen) atoms. The summed E-state index contributed by atoms with van der Waals surface area (Å²) in [6.07, 6.45) is 4.94. The van der Waals surface area contributed by atoms with Crippen LogP contribution in [-0.2, 0) is 0 Å². The highest BCUT2D eigenvalue weighted by Gasteiger charge is 1.95.